The van der Waals surface area contributed by atoms with E-state index in [0.717, 1.165) is 28.5 Å². The predicted octanol–water partition coefficient (Wildman–Crippen LogP) is 3.63. The third-order valence-corrected chi connectivity index (χ3v) is 4.25. The standard InChI is InChI=1S/C17H14N2O2S/c1-12-2-4-14(5-3-12)11-19-16(20)15(22-17(19)21)10-13-6-8-18-9-7-13/h2-10H,11H2,1H3. The number of amides is 2. The van der Waals surface area contributed by atoms with Gasteiger partial charge >= 0.3 is 0 Å². The lowest BCUT2D eigenvalue weighted by Gasteiger charge is -2.12. The van der Waals surface area contributed by atoms with Crippen LogP contribution in [0.2, 0.25) is 0 Å². The highest BCUT2D eigenvalue weighted by Gasteiger charge is 2.34. The van der Waals surface area contributed by atoms with Gasteiger partial charge < -0.3 is 0 Å². The number of nitrogens with zero attached hydrogens (tertiary/aromatic N) is 2. The highest BCUT2D eigenvalue weighted by molar-refractivity contribution is 8.18. The van der Waals surface area contributed by atoms with Gasteiger partial charge in [0.25, 0.3) is 11.1 Å². The molecule has 22 heavy (non-hydrogen) atoms. The van der Waals surface area contributed by atoms with Crippen molar-refractivity contribution >= 4 is 29.0 Å². The van der Waals surface area contributed by atoms with Crippen molar-refractivity contribution in [2.24, 2.45) is 0 Å². The van der Waals surface area contributed by atoms with E-state index in [1.165, 1.54) is 4.90 Å². The quantitative estimate of drug-likeness (QED) is 0.812. The molecule has 1 aliphatic rings. The lowest BCUT2D eigenvalue weighted by molar-refractivity contribution is -0.123. The van der Waals surface area contributed by atoms with Crippen LogP contribution in [0.4, 0.5) is 4.79 Å². The van der Waals surface area contributed by atoms with E-state index >= 15 is 0 Å². The molecule has 0 aliphatic carbocycles. The van der Waals surface area contributed by atoms with Gasteiger partial charge in [-0.3, -0.25) is 19.5 Å². The van der Waals surface area contributed by atoms with Gasteiger partial charge in [-0.25, -0.2) is 0 Å². The Morgan fingerprint density at radius 1 is 1.09 bits per heavy atom. The second-order valence-corrected chi connectivity index (χ2v) is 6.03. The Morgan fingerprint density at radius 3 is 2.45 bits per heavy atom. The molecule has 5 heteroatoms. The molecule has 1 aromatic heterocycles. The Kier molecular flexibility index (Phi) is 4.06. The molecule has 2 aromatic rings. The summed E-state index contributed by atoms with van der Waals surface area (Å²) in [6.07, 6.45) is 5.03. The smallest absolute Gasteiger partial charge is 0.268 e. The number of aromatic nitrogens is 1. The molecule has 0 bridgehead atoms. The number of aryl methyl sites for hydroxylation is 1. The number of carbonyl (C=O) groups excluding carboxylic acids is 2. The summed E-state index contributed by atoms with van der Waals surface area (Å²) in [4.78, 5) is 30.1. The third-order valence-electron chi connectivity index (χ3n) is 3.34. The van der Waals surface area contributed by atoms with E-state index < -0.39 is 0 Å². The third kappa shape index (κ3) is 3.09. The first-order chi connectivity index (χ1) is 10.6. The summed E-state index contributed by atoms with van der Waals surface area (Å²) in [6.45, 7) is 2.31. The maximum Gasteiger partial charge on any atom is 0.293 e. The van der Waals surface area contributed by atoms with E-state index in [9.17, 15) is 9.59 Å². The van der Waals surface area contributed by atoms with Crippen molar-refractivity contribution in [3.8, 4) is 0 Å². The molecule has 0 radical (unpaired) electrons. The largest absolute Gasteiger partial charge is 0.293 e. The molecule has 0 unspecified atom stereocenters. The Hall–Kier alpha value is -2.40. The Bertz CT molecular complexity index is 739. The minimum Gasteiger partial charge on any atom is -0.268 e. The van der Waals surface area contributed by atoms with E-state index in [1.54, 1.807) is 30.6 Å². The molecule has 0 N–H and O–H groups in total. The molecule has 4 nitrogen and oxygen atoms in total. The van der Waals surface area contributed by atoms with Crippen molar-refractivity contribution < 1.29 is 9.59 Å². The summed E-state index contributed by atoms with van der Waals surface area (Å²) in [5.74, 6) is -0.243. The van der Waals surface area contributed by atoms with Crippen molar-refractivity contribution in [2.45, 2.75) is 13.5 Å². The van der Waals surface area contributed by atoms with Gasteiger partial charge in [0, 0.05) is 12.4 Å². The minimum atomic E-state index is -0.243. The van der Waals surface area contributed by atoms with Crippen molar-refractivity contribution in [1.29, 1.82) is 0 Å². The van der Waals surface area contributed by atoms with Crippen LogP contribution in [0, 0.1) is 6.92 Å². The van der Waals surface area contributed by atoms with Crippen LogP contribution in [-0.2, 0) is 11.3 Å². The first kappa shape index (κ1) is 14.5. The summed E-state index contributed by atoms with van der Waals surface area (Å²) in [5, 5.41) is -0.231. The number of rotatable bonds is 3. The molecule has 2 heterocycles. The summed E-state index contributed by atoms with van der Waals surface area (Å²) in [7, 11) is 0. The molecule has 1 aromatic carbocycles. The monoisotopic (exact) mass is 310 g/mol. The molecular formula is C17H14N2O2S. The van der Waals surface area contributed by atoms with Gasteiger partial charge in [-0.15, -0.1) is 0 Å². The first-order valence-corrected chi connectivity index (χ1v) is 7.66. The Morgan fingerprint density at radius 2 is 1.77 bits per heavy atom. The van der Waals surface area contributed by atoms with Gasteiger partial charge in [-0.1, -0.05) is 29.8 Å². The molecule has 110 valence electrons. The Labute approximate surface area is 132 Å². The molecule has 0 saturated carbocycles. The molecule has 2 amide bonds. The average molecular weight is 310 g/mol. The first-order valence-electron chi connectivity index (χ1n) is 6.84. The van der Waals surface area contributed by atoms with E-state index in [2.05, 4.69) is 4.98 Å². The second-order valence-electron chi connectivity index (χ2n) is 5.03. The number of thioether (sulfide) groups is 1. The number of pyridine rings is 1. The van der Waals surface area contributed by atoms with Crippen LogP contribution in [-0.4, -0.2) is 21.0 Å². The zero-order valence-electron chi connectivity index (χ0n) is 12.0. The topological polar surface area (TPSA) is 50.3 Å². The number of imide groups is 1. The van der Waals surface area contributed by atoms with Crippen molar-refractivity contribution in [2.75, 3.05) is 0 Å². The van der Waals surface area contributed by atoms with Crippen LogP contribution in [0.3, 0.4) is 0 Å². The summed E-state index contributed by atoms with van der Waals surface area (Å²) in [5.41, 5.74) is 2.95. The summed E-state index contributed by atoms with van der Waals surface area (Å²) >= 11 is 0.977. The van der Waals surface area contributed by atoms with Crippen molar-refractivity contribution in [1.82, 2.24) is 9.88 Å². The van der Waals surface area contributed by atoms with E-state index in [1.807, 2.05) is 31.2 Å². The van der Waals surface area contributed by atoms with Crippen LogP contribution in [0.1, 0.15) is 16.7 Å². The van der Waals surface area contributed by atoms with Crippen molar-refractivity contribution in [3.63, 3.8) is 0 Å². The van der Waals surface area contributed by atoms with E-state index in [-0.39, 0.29) is 11.1 Å². The molecule has 0 atom stereocenters. The van der Waals surface area contributed by atoms with Gasteiger partial charge in [-0.2, -0.15) is 0 Å². The summed E-state index contributed by atoms with van der Waals surface area (Å²) in [6, 6.07) is 11.4. The second kappa shape index (κ2) is 6.15. The Balaban J connectivity index is 1.80. The van der Waals surface area contributed by atoms with Gasteiger partial charge in [0.2, 0.25) is 0 Å². The fourth-order valence-electron chi connectivity index (χ4n) is 2.12. The molecule has 1 aliphatic heterocycles. The average Bonchev–Trinajstić information content (AvgIpc) is 2.78. The fraction of sp³-hybridized carbons (Fsp3) is 0.118. The zero-order chi connectivity index (χ0) is 15.5. The lowest BCUT2D eigenvalue weighted by atomic mass is 10.1. The summed E-state index contributed by atoms with van der Waals surface area (Å²) < 4.78 is 0. The van der Waals surface area contributed by atoms with Crippen molar-refractivity contribution in [3.05, 3.63) is 70.4 Å². The SMILES string of the molecule is Cc1ccc(CN2C(=O)SC(=Cc3ccncc3)C2=O)cc1. The minimum absolute atomic E-state index is 0.231. The molecular weight excluding hydrogens is 296 g/mol. The molecule has 1 fully saturated rings. The highest BCUT2D eigenvalue weighted by atomic mass is 32.2. The maximum absolute atomic E-state index is 12.4. The van der Waals surface area contributed by atoms with Gasteiger partial charge in [-0.05, 0) is 48.0 Å². The van der Waals surface area contributed by atoms with Crippen LogP contribution in [0.15, 0.2) is 53.7 Å². The van der Waals surface area contributed by atoms with E-state index in [0.29, 0.717) is 11.4 Å². The molecule has 0 spiro atoms. The number of hydrogen-bond donors (Lipinski definition) is 0. The number of hydrogen-bond acceptors (Lipinski definition) is 4. The predicted molar refractivity (Wildman–Crippen MR) is 86.9 cm³/mol. The molecule has 1 saturated heterocycles. The zero-order valence-corrected chi connectivity index (χ0v) is 12.8. The normalized spacial score (nSPS) is 16.6. The van der Waals surface area contributed by atoms with Crippen LogP contribution >= 0.6 is 11.8 Å². The fourth-order valence-corrected chi connectivity index (χ4v) is 2.96. The van der Waals surface area contributed by atoms with E-state index in [4.69, 9.17) is 0 Å². The highest BCUT2D eigenvalue weighted by Crippen LogP contribution is 2.33. The number of carbonyl (C=O) groups is 2. The van der Waals surface area contributed by atoms with Crippen LogP contribution < -0.4 is 0 Å². The maximum atomic E-state index is 12.4. The van der Waals surface area contributed by atoms with Gasteiger partial charge in [0.15, 0.2) is 0 Å². The van der Waals surface area contributed by atoms with Crippen LogP contribution in [0.25, 0.3) is 6.08 Å². The molecule has 3 rings (SSSR count). The van der Waals surface area contributed by atoms with Gasteiger partial charge in [0.05, 0.1) is 11.4 Å². The number of benzene rings is 1. The lowest BCUT2D eigenvalue weighted by Crippen LogP contribution is -2.27. The van der Waals surface area contributed by atoms with Gasteiger partial charge in [0.1, 0.15) is 0 Å². The van der Waals surface area contributed by atoms with Crippen LogP contribution in [0.5, 0.6) is 0 Å².